The van der Waals surface area contributed by atoms with Crippen molar-refractivity contribution in [3.63, 3.8) is 0 Å². The van der Waals surface area contributed by atoms with Gasteiger partial charge in [-0.2, -0.15) is 0 Å². The van der Waals surface area contributed by atoms with Crippen LogP contribution in [-0.2, 0) is 65.4 Å². The quantitative estimate of drug-likeness (QED) is 0.0222. The average Bonchev–Trinajstić information content (AvgIpc) is 1.70. The highest BCUT2D eigenvalue weighted by atomic mass is 31.2. The summed E-state index contributed by atoms with van der Waals surface area (Å²) in [5.74, 6) is -0.624. The predicted octanol–water partition coefficient (Wildman–Crippen LogP) is 21.9. The molecule has 19 heteroatoms. The highest BCUT2D eigenvalue weighted by molar-refractivity contribution is 7.47. The summed E-state index contributed by atoms with van der Waals surface area (Å²) >= 11 is 0. The van der Waals surface area contributed by atoms with Crippen LogP contribution in [0.4, 0.5) is 0 Å². The smallest absolute Gasteiger partial charge is 0.462 e. The van der Waals surface area contributed by atoms with Crippen LogP contribution in [0.15, 0.2) is 0 Å². The molecule has 0 rings (SSSR count). The second kappa shape index (κ2) is 66.9. The van der Waals surface area contributed by atoms with E-state index in [0.29, 0.717) is 31.6 Å². The number of unbranched alkanes of at least 4 members (excludes halogenated alkanes) is 44. The van der Waals surface area contributed by atoms with Crippen molar-refractivity contribution in [2.45, 2.75) is 407 Å². The molecule has 94 heavy (non-hydrogen) atoms. The molecule has 0 aromatic rings. The third kappa shape index (κ3) is 68.6. The summed E-state index contributed by atoms with van der Waals surface area (Å²) in [6.07, 6.45) is 54.1. The lowest BCUT2D eigenvalue weighted by molar-refractivity contribution is -0.161. The normalized spacial score (nSPS) is 14.0. The van der Waals surface area contributed by atoms with Gasteiger partial charge in [0.1, 0.15) is 19.3 Å². The molecule has 0 aromatic heterocycles. The van der Waals surface area contributed by atoms with Gasteiger partial charge in [0.2, 0.25) is 0 Å². The maximum absolute atomic E-state index is 13.1. The number of aliphatic hydroxyl groups excluding tert-OH is 1. The van der Waals surface area contributed by atoms with E-state index in [1.807, 2.05) is 0 Å². The molecule has 0 aliphatic rings. The van der Waals surface area contributed by atoms with Crippen LogP contribution >= 0.6 is 15.6 Å². The molecule has 5 atom stereocenters. The van der Waals surface area contributed by atoms with Gasteiger partial charge in [0.25, 0.3) is 0 Å². The van der Waals surface area contributed by atoms with Crippen molar-refractivity contribution in [2.75, 3.05) is 39.6 Å². The van der Waals surface area contributed by atoms with E-state index in [-0.39, 0.29) is 25.7 Å². The monoisotopic (exact) mass is 1380 g/mol. The molecule has 0 aliphatic carbocycles. The van der Waals surface area contributed by atoms with E-state index in [9.17, 15) is 43.2 Å². The Labute approximate surface area is 575 Å². The number of ether oxygens (including phenoxy) is 4. The average molecular weight is 1380 g/mol. The Hall–Kier alpha value is -1.94. The van der Waals surface area contributed by atoms with Crippen molar-refractivity contribution in [2.24, 2.45) is 11.8 Å². The molecule has 0 bridgehead atoms. The molecular weight excluding hydrogens is 1230 g/mol. The van der Waals surface area contributed by atoms with Crippen molar-refractivity contribution < 1.29 is 80.2 Å². The summed E-state index contributed by atoms with van der Waals surface area (Å²) in [4.78, 5) is 72.8. The molecule has 558 valence electrons. The molecule has 0 radical (unpaired) electrons. The standard InChI is InChI=1S/C75H146O17P2/c1-7-9-11-13-15-17-19-21-22-23-26-30-33-39-45-51-57-72(77)85-63-70(91-75(80)60-54-48-41-35-31-27-24-25-28-32-37-43-49-55-67(3)4)65-89-93(81,82)87-61-69(76)62-88-94(83,84)90-66-71(64-86-73(78)58-52-46-42-36-38-44-50-56-68(5)6)92-74(79)59-53-47-40-34-29-20-18-16-14-12-10-8-2/h67-71,76H,7-66H2,1-6H3,(H,81,82)(H,83,84)/t69-,70-,71-/m1/s1. The van der Waals surface area contributed by atoms with Crippen molar-refractivity contribution in [1.29, 1.82) is 0 Å². The van der Waals surface area contributed by atoms with Gasteiger partial charge in [0, 0.05) is 25.7 Å². The van der Waals surface area contributed by atoms with Crippen LogP contribution in [0, 0.1) is 11.8 Å². The van der Waals surface area contributed by atoms with Crippen molar-refractivity contribution in [3.8, 4) is 0 Å². The number of hydrogen-bond acceptors (Lipinski definition) is 15. The van der Waals surface area contributed by atoms with Crippen LogP contribution < -0.4 is 0 Å². The van der Waals surface area contributed by atoms with E-state index >= 15 is 0 Å². The van der Waals surface area contributed by atoms with Crippen molar-refractivity contribution >= 4 is 39.5 Å². The van der Waals surface area contributed by atoms with E-state index in [1.165, 1.54) is 199 Å². The zero-order chi connectivity index (χ0) is 69.3. The Morgan fingerprint density at radius 1 is 0.287 bits per heavy atom. The topological polar surface area (TPSA) is 237 Å². The molecule has 0 fully saturated rings. The van der Waals surface area contributed by atoms with Gasteiger partial charge in [-0.15, -0.1) is 0 Å². The molecule has 0 saturated carbocycles. The highest BCUT2D eigenvalue weighted by Gasteiger charge is 2.30. The first-order chi connectivity index (χ1) is 45.4. The third-order valence-corrected chi connectivity index (χ3v) is 19.4. The Balaban J connectivity index is 5.24. The van der Waals surface area contributed by atoms with Gasteiger partial charge in [-0.25, -0.2) is 9.13 Å². The highest BCUT2D eigenvalue weighted by Crippen LogP contribution is 2.45. The van der Waals surface area contributed by atoms with Crippen molar-refractivity contribution in [3.05, 3.63) is 0 Å². The number of esters is 4. The van der Waals surface area contributed by atoms with E-state index in [4.69, 9.17) is 37.0 Å². The minimum Gasteiger partial charge on any atom is -0.462 e. The molecule has 0 amide bonds. The Morgan fingerprint density at radius 2 is 0.489 bits per heavy atom. The van der Waals surface area contributed by atoms with E-state index in [2.05, 4.69) is 41.5 Å². The maximum atomic E-state index is 13.1. The Morgan fingerprint density at radius 3 is 0.723 bits per heavy atom. The number of carbonyl (C=O) groups is 4. The first-order valence-electron chi connectivity index (χ1n) is 39.0. The summed E-state index contributed by atoms with van der Waals surface area (Å²) in [6, 6.07) is 0. The van der Waals surface area contributed by atoms with E-state index in [1.54, 1.807) is 0 Å². The number of aliphatic hydroxyl groups is 1. The number of phosphoric acid groups is 2. The Kier molecular flexibility index (Phi) is 65.5. The predicted molar refractivity (Wildman–Crippen MR) is 381 cm³/mol. The summed E-state index contributed by atoms with van der Waals surface area (Å²) in [5.41, 5.74) is 0. The van der Waals surface area contributed by atoms with Crippen LogP contribution in [0.25, 0.3) is 0 Å². The van der Waals surface area contributed by atoms with Crippen LogP contribution in [0.1, 0.15) is 388 Å². The minimum atomic E-state index is -4.96. The minimum absolute atomic E-state index is 0.107. The maximum Gasteiger partial charge on any atom is 0.472 e. The third-order valence-electron chi connectivity index (χ3n) is 17.5. The lowest BCUT2D eigenvalue weighted by Crippen LogP contribution is -2.30. The van der Waals surface area contributed by atoms with Crippen LogP contribution in [-0.4, -0.2) is 96.7 Å². The Bertz CT molecular complexity index is 1820. The van der Waals surface area contributed by atoms with Gasteiger partial charge in [0.15, 0.2) is 12.2 Å². The number of phosphoric ester groups is 2. The molecule has 2 unspecified atom stereocenters. The number of carbonyl (C=O) groups excluding carboxylic acids is 4. The molecule has 0 spiro atoms. The summed E-state index contributed by atoms with van der Waals surface area (Å²) in [5, 5.41) is 10.6. The summed E-state index contributed by atoms with van der Waals surface area (Å²) in [7, 11) is -9.91. The second-order valence-electron chi connectivity index (χ2n) is 28.0. The van der Waals surface area contributed by atoms with Gasteiger partial charge in [0.05, 0.1) is 26.4 Å². The van der Waals surface area contributed by atoms with Gasteiger partial charge >= 0.3 is 39.5 Å². The molecule has 0 heterocycles. The first kappa shape index (κ1) is 92.1. The van der Waals surface area contributed by atoms with Crippen LogP contribution in [0.5, 0.6) is 0 Å². The second-order valence-corrected chi connectivity index (χ2v) is 30.9. The SMILES string of the molecule is CCCCCCCCCCCCCCCCCCC(=O)OC[C@H](COP(=O)(O)OC[C@@H](O)COP(=O)(O)OC[C@@H](COC(=O)CCCCCCCCCC(C)C)OC(=O)CCCCCCCCCCCCCC)OC(=O)CCCCCCCCCCCCCCCC(C)C. The zero-order valence-electron chi connectivity index (χ0n) is 61.3. The molecule has 17 nitrogen and oxygen atoms in total. The van der Waals surface area contributed by atoms with Crippen molar-refractivity contribution in [1.82, 2.24) is 0 Å². The van der Waals surface area contributed by atoms with Crippen LogP contribution in [0.3, 0.4) is 0 Å². The van der Waals surface area contributed by atoms with Gasteiger partial charge in [-0.1, -0.05) is 337 Å². The lowest BCUT2D eigenvalue weighted by atomic mass is 10.0. The van der Waals surface area contributed by atoms with Crippen LogP contribution in [0.2, 0.25) is 0 Å². The summed E-state index contributed by atoms with van der Waals surface area (Å²) in [6.45, 7) is 9.55. The van der Waals surface area contributed by atoms with E-state index < -0.39 is 97.5 Å². The number of rotatable bonds is 74. The zero-order valence-corrected chi connectivity index (χ0v) is 63.1. The fourth-order valence-corrected chi connectivity index (χ4v) is 13.1. The van der Waals surface area contributed by atoms with Gasteiger partial charge < -0.3 is 33.8 Å². The van der Waals surface area contributed by atoms with Gasteiger partial charge in [-0.05, 0) is 37.5 Å². The first-order valence-corrected chi connectivity index (χ1v) is 42.0. The molecule has 0 aromatic carbocycles. The fourth-order valence-electron chi connectivity index (χ4n) is 11.5. The number of hydrogen-bond donors (Lipinski definition) is 3. The molecule has 3 N–H and O–H groups in total. The largest absolute Gasteiger partial charge is 0.472 e. The summed E-state index contributed by atoms with van der Waals surface area (Å²) < 4.78 is 68.5. The van der Waals surface area contributed by atoms with Gasteiger partial charge in [-0.3, -0.25) is 37.3 Å². The molecule has 0 aliphatic heterocycles. The van der Waals surface area contributed by atoms with E-state index in [0.717, 1.165) is 102 Å². The fraction of sp³-hybridized carbons (Fsp3) is 0.947. The molecular formula is C75H146O17P2. The molecule has 0 saturated heterocycles. The lowest BCUT2D eigenvalue weighted by Gasteiger charge is -2.21.